The van der Waals surface area contributed by atoms with Crippen molar-refractivity contribution in [3.63, 3.8) is 0 Å². The number of nitrogens with zero attached hydrogens (tertiary/aromatic N) is 3. The number of amides is 1. The van der Waals surface area contributed by atoms with E-state index in [-0.39, 0.29) is 17.4 Å². The molecule has 0 spiro atoms. The maximum atomic E-state index is 11.3. The van der Waals surface area contributed by atoms with E-state index in [1.165, 1.54) is 6.07 Å². The third-order valence-electron chi connectivity index (χ3n) is 3.12. The first-order valence-electron chi connectivity index (χ1n) is 6.13. The first-order chi connectivity index (χ1) is 9.65. The molecule has 0 saturated carbocycles. The van der Waals surface area contributed by atoms with Crippen molar-refractivity contribution in [2.75, 3.05) is 11.1 Å². The van der Waals surface area contributed by atoms with Crippen LogP contribution in [0.3, 0.4) is 0 Å². The number of hydrogen-bond donors (Lipinski definition) is 2. The summed E-state index contributed by atoms with van der Waals surface area (Å²) >= 11 is 0. The van der Waals surface area contributed by atoms with E-state index in [1.807, 2.05) is 18.2 Å². The number of carbonyl (C=O) groups excluding carboxylic acids is 1. The summed E-state index contributed by atoms with van der Waals surface area (Å²) in [4.78, 5) is 19.6. The molecule has 1 aliphatic rings. The van der Waals surface area contributed by atoms with Crippen molar-refractivity contribution in [3.8, 4) is 17.5 Å². The Morgan fingerprint density at radius 3 is 2.90 bits per heavy atom. The minimum Gasteiger partial charge on any atom is -0.384 e. The molecule has 2 heterocycles. The van der Waals surface area contributed by atoms with E-state index in [0.29, 0.717) is 18.7 Å². The van der Waals surface area contributed by atoms with Gasteiger partial charge in [-0.1, -0.05) is 0 Å². The fraction of sp³-hybridized carbons (Fsp3) is 0.143. The van der Waals surface area contributed by atoms with Gasteiger partial charge in [0.2, 0.25) is 5.91 Å². The van der Waals surface area contributed by atoms with Gasteiger partial charge in [0.25, 0.3) is 0 Å². The lowest BCUT2D eigenvalue weighted by Crippen LogP contribution is -2.18. The van der Waals surface area contributed by atoms with E-state index >= 15 is 0 Å². The molecule has 0 fully saturated rings. The molecule has 98 valence electrons. The lowest BCUT2D eigenvalue weighted by molar-refractivity contribution is -0.116. The predicted octanol–water partition coefficient (Wildman–Crippen LogP) is 1.48. The Bertz CT molecular complexity index is 748. The number of aryl methyl sites for hydroxylation is 1. The van der Waals surface area contributed by atoms with E-state index in [4.69, 9.17) is 11.0 Å². The monoisotopic (exact) mass is 265 g/mol. The molecule has 6 heteroatoms. The predicted molar refractivity (Wildman–Crippen MR) is 73.5 cm³/mol. The summed E-state index contributed by atoms with van der Waals surface area (Å²) in [5, 5.41) is 11.7. The van der Waals surface area contributed by atoms with Crippen molar-refractivity contribution < 1.29 is 4.79 Å². The van der Waals surface area contributed by atoms with E-state index in [9.17, 15) is 4.79 Å². The smallest absolute Gasteiger partial charge is 0.224 e. The van der Waals surface area contributed by atoms with Gasteiger partial charge in [0, 0.05) is 23.7 Å². The average Bonchev–Trinajstić information content (AvgIpc) is 2.46. The molecule has 20 heavy (non-hydrogen) atoms. The largest absolute Gasteiger partial charge is 0.384 e. The highest BCUT2D eigenvalue weighted by atomic mass is 16.1. The van der Waals surface area contributed by atoms with Gasteiger partial charge in [-0.05, 0) is 30.2 Å². The number of hydrogen-bond acceptors (Lipinski definition) is 5. The van der Waals surface area contributed by atoms with Gasteiger partial charge in [0.1, 0.15) is 17.6 Å². The molecule has 1 aromatic carbocycles. The minimum atomic E-state index is 0.0252. The van der Waals surface area contributed by atoms with E-state index < -0.39 is 0 Å². The lowest BCUT2D eigenvalue weighted by atomic mass is 10.00. The Morgan fingerprint density at radius 1 is 1.25 bits per heavy atom. The SMILES string of the molecule is N#Cc1cc(N)nc(-c2ccc3c(c2)CCC(=O)N3)n1. The Labute approximate surface area is 115 Å². The molecule has 1 amide bonds. The van der Waals surface area contributed by atoms with Crippen LogP contribution in [0.1, 0.15) is 17.7 Å². The molecule has 0 radical (unpaired) electrons. The Morgan fingerprint density at radius 2 is 2.10 bits per heavy atom. The first kappa shape index (κ1) is 12.1. The maximum Gasteiger partial charge on any atom is 0.224 e. The molecule has 3 rings (SSSR count). The van der Waals surface area contributed by atoms with Crippen LogP contribution in [0.5, 0.6) is 0 Å². The van der Waals surface area contributed by atoms with Crippen LogP contribution in [0, 0.1) is 11.3 Å². The van der Waals surface area contributed by atoms with Crippen LogP contribution in [0.4, 0.5) is 11.5 Å². The van der Waals surface area contributed by atoms with Gasteiger partial charge in [-0.2, -0.15) is 5.26 Å². The van der Waals surface area contributed by atoms with Gasteiger partial charge in [0.05, 0.1) is 0 Å². The van der Waals surface area contributed by atoms with Crippen LogP contribution >= 0.6 is 0 Å². The van der Waals surface area contributed by atoms with Gasteiger partial charge in [0.15, 0.2) is 5.82 Å². The van der Waals surface area contributed by atoms with Crippen molar-refractivity contribution in [3.05, 3.63) is 35.5 Å². The zero-order valence-corrected chi connectivity index (χ0v) is 10.6. The fourth-order valence-corrected chi connectivity index (χ4v) is 2.17. The zero-order valence-electron chi connectivity index (χ0n) is 10.6. The molecule has 0 atom stereocenters. The number of anilines is 2. The van der Waals surface area contributed by atoms with Crippen LogP contribution in [0.15, 0.2) is 24.3 Å². The average molecular weight is 265 g/mol. The molecule has 1 aromatic heterocycles. The van der Waals surface area contributed by atoms with Crippen LogP contribution in [0.2, 0.25) is 0 Å². The first-order valence-corrected chi connectivity index (χ1v) is 6.13. The van der Waals surface area contributed by atoms with Gasteiger partial charge in [-0.15, -0.1) is 0 Å². The highest BCUT2D eigenvalue weighted by Crippen LogP contribution is 2.27. The second-order valence-electron chi connectivity index (χ2n) is 4.53. The fourth-order valence-electron chi connectivity index (χ4n) is 2.17. The standard InChI is InChI=1S/C14H11N5O/c15-7-10-6-12(16)19-14(17-10)9-1-3-11-8(5-9)2-4-13(20)18-11/h1,3,5-6H,2,4H2,(H,18,20)(H2,16,17,19). The number of nitriles is 1. The van der Waals surface area contributed by atoms with Gasteiger partial charge < -0.3 is 11.1 Å². The molecule has 0 aliphatic carbocycles. The molecule has 6 nitrogen and oxygen atoms in total. The van der Waals surface area contributed by atoms with Crippen LogP contribution in [-0.4, -0.2) is 15.9 Å². The Balaban J connectivity index is 2.05. The van der Waals surface area contributed by atoms with E-state index in [1.54, 1.807) is 6.07 Å². The van der Waals surface area contributed by atoms with Crippen molar-refractivity contribution >= 4 is 17.4 Å². The maximum absolute atomic E-state index is 11.3. The van der Waals surface area contributed by atoms with Crippen molar-refractivity contribution in [2.24, 2.45) is 0 Å². The van der Waals surface area contributed by atoms with E-state index in [0.717, 1.165) is 16.8 Å². The summed E-state index contributed by atoms with van der Waals surface area (Å²) in [5.74, 6) is 0.705. The second-order valence-corrected chi connectivity index (χ2v) is 4.53. The minimum absolute atomic E-state index is 0.0252. The van der Waals surface area contributed by atoms with Crippen LogP contribution in [-0.2, 0) is 11.2 Å². The normalized spacial score (nSPS) is 13.2. The third kappa shape index (κ3) is 2.17. The summed E-state index contributed by atoms with van der Waals surface area (Å²) < 4.78 is 0. The number of aromatic nitrogens is 2. The summed E-state index contributed by atoms with van der Waals surface area (Å²) in [6, 6.07) is 8.94. The molecule has 0 unspecified atom stereocenters. The van der Waals surface area contributed by atoms with Crippen molar-refractivity contribution in [1.82, 2.24) is 9.97 Å². The number of carbonyl (C=O) groups is 1. The molecule has 1 aliphatic heterocycles. The molecule has 0 bridgehead atoms. The molecular weight excluding hydrogens is 254 g/mol. The Hall–Kier alpha value is -2.94. The summed E-state index contributed by atoms with van der Waals surface area (Å²) in [6.45, 7) is 0. The number of nitrogens with two attached hydrogens (primary N) is 1. The van der Waals surface area contributed by atoms with Gasteiger partial charge in [-0.3, -0.25) is 4.79 Å². The van der Waals surface area contributed by atoms with E-state index in [2.05, 4.69) is 15.3 Å². The van der Waals surface area contributed by atoms with Crippen molar-refractivity contribution in [2.45, 2.75) is 12.8 Å². The number of benzene rings is 1. The van der Waals surface area contributed by atoms with Crippen LogP contribution in [0.25, 0.3) is 11.4 Å². The Kier molecular flexibility index (Phi) is 2.80. The highest BCUT2D eigenvalue weighted by Gasteiger charge is 2.16. The number of nitrogens with one attached hydrogen (secondary N) is 1. The zero-order chi connectivity index (χ0) is 14.1. The molecule has 0 saturated heterocycles. The summed E-state index contributed by atoms with van der Waals surface area (Å²) in [5.41, 5.74) is 8.53. The molecule has 3 N–H and O–H groups in total. The molecule has 2 aromatic rings. The summed E-state index contributed by atoms with van der Waals surface area (Å²) in [6.07, 6.45) is 1.15. The number of rotatable bonds is 1. The van der Waals surface area contributed by atoms with Gasteiger partial charge in [-0.25, -0.2) is 9.97 Å². The number of fused-ring (bicyclic) bond motifs is 1. The highest BCUT2D eigenvalue weighted by molar-refractivity contribution is 5.94. The summed E-state index contributed by atoms with van der Waals surface area (Å²) in [7, 11) is 0. The second kappa shape index (κ2) is 4.63. The molecular formula is C14H11N5O. The van der Waals surface area contributed by atoms with Crippen LogP contribution < -0.4 is 11.1 Å². The van der Waals surface area contributed by atoms with Gasteiger partial charge >= 0.3 is 0 Å². The topological polar surface area (TPSA) is 105 Å². The lowest BCUT2D eigenvalue weighted by Gasteiger charge is -2.17. The quantitative estimate of drug-likeness (QED) is 0.812. The third-order valence-corrected chi connectivity index (χ3v) is 3.12. The van der Waals surface area contributed by atoms with Crippen molar-refractivity contribution in [1.29, 1.82) is 5.26 Å². The number of nitrogen functional groups attached to an aromatic ring is 1.